The predicted octanol–water partition coefficient (Wildman–Crippen LogP) is 1.66. The first-order valence-corrected chi connectivity index (χ1v) is 5.29. The Hall–Kier alpha value is -0.680. The van der Waals surface area contributed by atoms with Crippen LogP contribution in [0.5, 0.6) is 0 Å². The molecule has 0 fully saturated rings. The molecule has 2 heterocycles. The largest absolute Gasteiger partial charge is 0.325 e. The summed E-state index contributed by atoms with van der Waals surface area (Å²) in [6, 6.07) is 4.07. The van der Waals surface area contributed by atoms with Gasteiger partial charge in [0.15, 0.2) is 0 Å². The average Bonchev–Trinajstić information content (AvgIpc) is 2.71. The van der Waals surface area contributed by atoms with Crippen molar-refractivity contribution in [3.8, 4) is 0 Å². The van der Waals surface area contributed by atoms with Gasteiger partial charge in [0.1, 0.15) is 5.84 Å². The molecule has 1 aliphatic rings. The summed E-state index contributed by atoms with van der Waals surface area (Å²) in [5.41, 5.74) is 3.02. The summed E-state index contributed by atoms with van der Waals surface area (Å²) in [5, 5.41) is 6.19. The molecule has 1 N–H and O–H groups in total. The van der Waals surface area contributed by atoms with Crippen LogP contribution in [0.3, 0.4) is 0 Å². The lowest BCUT2D eigenvalue weighted by Crippen LogP contribution is -2.43. The quantitative estimate of drug-likeness (QED) is 0.694. The molecule has 70 valence electrons. The van der Waals surface area contributed by atoms with E-state index in [-0.39, 0.29) is 0 Å². The molecule has 1 aliphatic heterocycles. The first-order chi connectivity index (χ1) is 6.14. The predicted molar refractivity (Wildman–Crippen MR) is 59.0 cm³/mol. The van der Waals surface area contributed by atoms with E-state index in [0.29, 0.717) is 0 Å². The Morgan fingerprint density at radius 1 is 1.69 bits per heavy atom. The lowest BCUT2D eigenvalue weighted by Gasteiger charge is -2.30. The number of thiol groups is 1. The minimum atomic E-state index is -0.460. The number of rotatable bonds is 1. The molecule has 0 radical (unpaired) electrons. The summed E-state index contributed by atoms with van der Waals surface area (Å²) in [7, 11) is 1.98. The van der Waals surface area contributed by atoms with Gasteiger partial charge in [0.2, 0.25) is 4.99 Å². The van der Waals surface area contributed by atoms with Gasteiger partial charge in [-0.2, -0.15) is 5.10 Å². The van der Waals surface area contributed by atoms with Crippen LogP contribution in [0.15, 0.2) is 22.6 Å². The summed E-state index contributed by atoms with van der Waals surface area (Å²) < 4.78 is 0. The Balaban J connectivity index is 2.35. The Bertz CT molecular complexity index is 333. The molecule has 0 spiro atoms. The third-order valence-electron chi connectivity index (χ3n) is 2.21. The standard InChI is InChI=1S/C8H11N3S2/c1-6-9-10-8(12,11(6)2)7-4-3-5-13-7/h3-5,10,12H,1-2H3. The third kappa shape index (κ3) is 1.23. The fraction of sp³-hybridized carbons (Fsp3) is 0.375. The van der Waals surface area contributed by atoms with E-state index in [1.165, 1.54) is 0 Å². The van der Waals surface area contributed by atoms with Crippen LogP contribution in [0.2, 0.25) is 0 Å². The van der Waals surface area contributed by atoms with Crippen LogP contribution in [-0.4, -0.2) is 17.8 Å². The highest BCUT2D eigenvalue weighted by molar-refractivity contribution is 7.81. The molecule has 2 rings (SSSR count). The van der Waals surface area contributed by atoms with Gasteiger partial charge in [-0.3, -0.25) is 5.43 Å². The van der Waals surface area contributed by atoms with Crippen LogP contribution in [0.4, 0.5) is 0 Å². The van der Waals surface area contributed by atoms with Crippen molar-refractivity contribution >= 4 is 29.8 Å². The molecule has 0 aliphatic carbocycles. The summed E-state index contributed by atoms with van der Waals surface area (Å²) in [5.74, 6) is 0.948. The number of hydrazone groups is 1. The monoisotopic (exact) mass is 213 g/mol. The fourth-order valence-corrected chi connectivity index (χ4v) is 2.48. The number of hydrogen-bond acceptors (Lipinski definition) is 5. The van der Waals surface area contributed by atoms with Gasteiger partial charge in [-0.25, -0.2) is 0 Å². The molecule has 1 unspecified atom stereocenters. The molecular formula is C8H11N3S2. The molecule has 0 saturated heterocycles. The highest BCUT2D eigenvalue weighted by Crippen LogP contribution is 2.34. The molecule has 3 nitrogen and oxygen atoms in total. The first-order valence-electron chi connectivity index (χ1n) is 3.96. The molecule has 1 atom stereocenters. The molecule has 13 heavy (non-hydrogen) atoms. The van der Waals surface area contributed by atoms with Crippen LogP contribution in [0, 0.1) is 0 Å². The van der Waals surface area contributed by atoms with Gasteiger partial charge in [-0.15, -0.1) is 24.0 Å². The molecule has 0 aromatic carbocycles. The van der Waals surface area contributed by atoms with Gasteiger partial charge >= 0.3 is 0 Å². The molecule has 1 aromatic rings. The highest BCUT2D eigenvalue weighted by Gasteiger charge is 2.38. The number of nitrogens with zero attached hydrogens (tertiary/aromatic N) is 2. The first kappa shape index (κ1) is 8.90. The van der Waals surface area contributed by atoms with E-state index in [1.54, 1.807) is 11.3 Å². The fourth-order valence-electron chi connectivity index (χ4n) is 1.24. The maximum absolute atomic E-state index is 4.60. The van der Waals surface area contributed by atoms with Gasteiger partial charge in [0.25, 0.3) is 0 Å². The van der Waals surface area contributed by atoms with Crippen molar-refractivity contribution in [1.82, 2.24) is 10.3 Å². The Morgan fingerprint density at radius 2 is 2.46 bits per heavy atom. The molecule has 0 saturated carbocycles. The van der Waals surface area contributed by atoms with E-state index >= 15 is 0 Å². The summed E-state index contributed by atoms with van der Waals surface area (Å²) in [4.78, 5) is 2.71. The summed E-state index contributed by atoms with van der Waals surface area (Å²) >= 11 is 6.27. The second kappa shape index (κ2) is 2.92. The van der Waals surface area contributed by atoms with Crippen LogP contribution in [-0.2, 0) is 4.99 Å². The van der Waals surface area contributed by atoms with E-state index in [2.05, 4.69) is 29.2 Å². The smallest absolute Gasteiger partial charge is 0.208 e. The molecular weight excluding hydrogens is 202 g/mol. The van der Waals surface area contributed by atoms with E-state index in [0.717, 1.165) is 10.7 Å². The normalized spacial score (nSPS) is 27.3. The van der Waals surface area contributed by atoms with E-state index < -0.39 is 4.99 Å². The minimum Gasteiger partial charge on any atom is -0.325 e. The highest BCUT2D eigenvalue weighted by atomic mass is 32.1. The van der Waals surface area contributed by atoms with Crippen molar-refractivity contribution in [3.63, 3.8) is 0 Å². The van der Waals surface area contributed by atoms with Gasteiger partial charge in [-0.05, 0) is 18.4 Å². The zero-order chi connectivity index (χ0) is 9.47. The molecule has 5 heteroatoms. The lowest BCUT2D eigenvalue weighted by molar-refractivity contribution is 0.319. The number of thiophene rings is 1. The van der Waals surface area contributed by atoms with E-state index in [4.69, 9.17) is 0 Å². The zero-order valence-electron chi connectivity index (χ0n) is 7.48. The van der Waals surface area contributed by atoms with Crippen molar-refractivity contribution < 1.29 is 0 Å². The van der Waals surface area contributed by atoms with Gasteiger partial charge in [0, 0.05) is 7.05 Å². The molecule has 0 bridgehead atoms. The summed E-state index contributed by atoms with van der Waals surface area (Å²) in [6.07, 6.45) is 0. The lowest BCUT2D eigenvalue weighted by atomic mass is 10.3. The maximum Gasteiger partial charge on any atom is 0.208 e. The maximum atomic E-state index is 4.60. The van der Waals surface area contributed by atoms with Gasteiger partial charge < -0.3 is 4.90 Å². The van der Waals surface area contributed by atoms with Crippen molar-refractivity contribution in [2.24, 2.45) is 5.10 Å². The van der Waals surface area contributed by atoms with Crippen molar-refractivity contribution in [2.45, 2.75) is 11.9 Å². The Kier molecular flexibility index (Phi) is 2.00. The summed E-state index contributed by atoms with van der Waals surface area (Å²) in [6.45, 7) is 1.96. The minimum absolute atomic E-state index is 0.460. The Morgan fingerprint density at radius 3 is 2.92 bits per heavy atom. The van der Waals surface area contributed by atoms with Gasteiger partial charge in [0.05, 0.1) is 4.88 Å². The SMILES string of the molecule is CC1=NNC(S)(c2cccs2)N1C. The van der Waals surface area contributed by atoms with E-state index in [9.17, 15) is 0 Å². The van der Waals surface area contributed by atoms with Crippen molar-refractivity contribution in [1.29, 1.82) is 0 Å². The van der Waals surface area contributed by atoms with Crippen LogP contribution in [0.25, 0.3) is 0 Å². The topological polar surface area (TPSA) is 27.6 Å². The average molecular weight is 213 g/mol. The van der Waals surface area contributed by atoms with Crippen LogP contribution in [0.1, 0.15) is 11.8 Å². The second-order valence-corrected chi connectivity index (χ2v) is 4.57. The van der Waals surface area contributed by atoms with Crippen LogP contribution >= 0.6 is 24.0 Å². The van der Waals surface area contributed by atoms with Crippen molar-refractivity contribution in [2.75, 3.05) is 7.05 Å². The third-order valence-corrected chi connectivity index (χ3v) is 3.98. The Labute approximate surface area is 86.9 Å². The molecule has 1 aromatic heterocycles. The molecule has 0 amide bonds. The van der Waals surface area contributed by atoms with Crippen molar-refractivity contribution in [3.05, 3.63) is 22.4 Å². The number of hydrogen-bond donors (Lipinski definition) is 2. The number of nitrogens with one attached hydrogen (secondary N) is 1. The number of amidine groups is 1. The second-order valence-electron chi connectivity index (χ2n) is 2.98. The van der Waals surface area contributed by atoms with Gasteiger partial charge in [-0.1, -0.05) is 6.07 Å². The van der Waals surface area contributed by atoms with E-state index in [1.807, 2.05) is 30.3 Å². The van der Waals surface area contributed by atoms with Crippen LogP contribution < -0.4 is 5.43 Å². The zero-order valence-corrected chi connectivity index (χ0v) is 9.19.